The normalized spacial score (nSPS) is 11.8. The van der Waals surface area contributed by atoms with Crippen molar-refractivity contribution in [3.8, 4) is 0 Å². The Kier molecular flexibility index (Phi) is 4.86. The maximum Gasteiger partial charge on any atom is 0.243 e. The SMILES string of the molecule is CN(Cc1ccc(Cl)cc1)S(=O)(=O)c1cccc(Br)c1. The van der Waals surface area contributed by atoms with Crippen LogP contribution in [0.2, 0.25) is 5.02 Å². The summed E-state index contributed by atoms with van der Waals surface area (Å²) < 4.78 is 26.9. The molecule has 6 heteroatoms. The van der Waals surface area contributed by atoms with Crippen LogP contribution in [-0.2, 0) is 16.6 Å². The Morgan fingerprint density at radius 1 is 1.15 bits per heavy atom. The fourth-order valence-electron chi connectivity index (χ4n) is 1.74. The average Bonchev–Trinajstić information content (AvgIpc) is 2.41. The monoisotopic (exact) mass is 373 g/mol. The summed E-state index contributed by atoms with van der Waals surface area (Å²) in [6.45, 7) is 0.298. The molecule has 106 valence electrons. The van der Waals surface area contributed by atoms with Crippen LogP contribution in [0.3, 0.4) is 0 Å². The molecule has 0 bridgehead atoms. The van der Waals surface area contributed by atoms with Crippen molar-refractivity contribution < 1.29 is 8.42 Å². The van der Waals surface area contributed by atoms with Gasteiger partial charge in [0, 0.05) is 23.1 Å². The second kappa shape index (κ2) is 6.26. The van der Waals surface area contributed by atoms with Gasteiger partial charge in [0.1, 0.15) is 0 Å². The molecule has 20 heavy (non-hydrogen) atoms. The largest absolute Gasteiger partial charge is 0.243 e. The van der Waals surface area contributed by atoms with E-state index in [1.54, 1.807) is 43.4 Å². The lowest BCUT2D eigenvalue weighted by molar-refractivity contribution is 0.466. The minimum atomic E-state index is -3.50. The van der Waals surface area contributed by atoms with Crippen LogP contribution in [0.4, 0.5) is 0 Å². The minimum Gasteiger partial charge on any atom is -0.207 e. The maximum atomic E-state index is 12.4. The van der Waals surface area contributed by atoms with E-state index in [2.05, 4.69) is 15.9 Å². The van der Waals surface area contributed by atoms with Gasteiger partial charge < -0.3 is 0 Å². The molecule has 0 spiro atoms. The van der Waals surface area contributed by atoms with E-state index in [9.17, 15) is 8.42 Å². The van der Waals surface area contributed by atoms with Gasteiger partial charge in [-0.1, -0.05) is 45.7 Å². The van der Waals surface area contributed by atoms with Crippen LogP contribution in [0.15, 0.2) is 57.9 Å². The molecule has 0 unspecified atom stereocenters. The summed E-state index contributed by atoms with van der Waals surface area (Å²) in [6, 6.07) is 13.8. The minimum absolute atomic E-state index is 0.267. The molecule has 0 N–H and O–H groups in total. The summed E-state index contributed by atoms with van der Waals surface area (Å²) in [5, 5.41) is 0.631. The van der Waals surface area contributed by atoms with Crippen LogP contribution in [0, 0.1) is 0 Å². The Balaban J connectivity index is 2.23. The predicted octanol–water partition coefficient (Wildman–Crippen LogP) is 3.92. The first kappa shape index (κ1) is 15.5. The molecule has 0 fully saturated rings. The van der Waals surface area contributed by atoms with Gasteiger partial charge in [0.2, 0.25) is 10.0 Å². The van der Waals surface area contributed by atoms with Crippen molar-refractivity contribution in [2.75, 3.05) is 7.05 Å². The lowest BCUT2D eigenvalue weighted by Gasteiger charge is -2.17. The molecule has 0 amide bonds. The van der Waals surface area contributed by atoms with Gasteiger partial charge in [-0.2, -0.15) is 4.31 Å². The highest BCUT2D eigenvalue weighted by molar-refractivity contribution is 9.10. The van der Waals surface area contributed by atoms with Crippen LogP contribution < -0.4 is 0 Å². The zero-order chi connectivity index (χ0) is 14.8. The van der Waals surface area contributed by atoms with Crippen LogP contribution in [0.25, 0.3) is 0 Å². The highest BCUT2D eigenvalue weighted by atomic mass is 79.9. The number of nitrogens with zero attached hydrogens (tertiary/aromatic N) is 1. The number of hydrogen-bond acceptors (Lipinski definition) is 2. The summed E-state index contributed by atoms with van der Waals surface area (Å²) in [7, 11) is -1.94. The van der Waals surface area contributed by atoms with Crippen molar-refractivity contribution in [1.29, 1.82) is 0 Å². The summed E-state index contributed by atoms with van der Waals surface area (Å²) in [5.41, 5.74) is 0.885. The average molecular weight is 375 g/mol. The first-order valence-electron chi connectivity index (χ1n) is 5.86. The second-order valence-corrected chi connectivity index (χ2v) is 7.74. The van der Waals surface area contributed by atoms with Crippen LogP contribution >= 0.6 is 27.5 Å². The summed E-state index contributed by atoms with van der Waals surface area (Å²) in [4.78, 5) is 0.267. The molecule has 0 radical (unpaired) electrons. The molecule has 2 aromatic carbocycles. The number of sulfonamides is 1. The van der Waals surface area contributed by atoms with Gasteiger partial charge in [-0.25, -0.2) is 8.42 Å². The number of rotatable bonds is 4. The van der Waals surface area contributed by atoms with E-state index in [0.717, 1.165) is 10.0 Å². The van der Waals surface area contributed by atoms with E-state index in [0.29, 0.717) is 11.6 Å². The molecule has 0 saturated carbocycles. The van der Waals surface area contributed by atoms with Gasteiger partial charge in [0.15, 0.2) is 0 Å². The van der Waals surface area contributed by atoms with Crippen LogP contribution in [-0.4, -0.2) is 19.8 Å². The summed E-state index contributed by atoms with van der Waals surface area (Å²) in [6.07, 6.45) is 0. The topological polar surface area (TPSA) is 37.4 Å². The molecule has 3 nitrogen and oxygen atoms in total. The van der Waals surface area contributed by atoms with Gasteiger partial charge in [0.05, 0.1) is 4.90 Å². The highest BCUT2D eigenvalue weighted by Crippen LogP contribution is 2.21. The third kappa shape index (κ3) is 3.61. The molecule has 0 aliphatic carbocycles. The zero-order valence-electron chi connectivity index (χ0n) is 10.8. The van der Waals surface area contributed by atoms with E-state index < -0.39 is 10.0 Å². The van der Waals surface area contributed by atoms with Crippen molar-refractivity contribution in [1.82, 2.24) is 4.31 Å². The smallest absolute Gasteiger partial charge is 0.207 e. The Morgan fingerprint density at radius 3 is 2.40 bits per heavy atom. The van der Waals surface area contributed by atoms with E-state index in [1.165, 1.54) is 4.31 Å². The van der Waals surface area contributed by atoms with Crippen molar-refractivity contribution in [3.05, 3.63) is 63.6 Å². The van der Waals surface area contributed by atoms with Crippen LogP contribution in [0.5, 0.6) is 0 Å². The quantitative estimate of drug-likeness (QED) is 0.813. The molecule has 0 aliphatic heterocycles. The van der Waals surface area contributed by atoms with Crippen molar-refractivity contribution >= 4 is 37.6 Å². The Bertz CT molecular complexity index is 701. The van der Waals surface area contributed by atoms with Gasteiger partial charge in [-0.05, 0) is 35.9 Å². The standard InChI is InChI=1S/C14H13BrClNO2S/c1-17(10-11-5-7-13(16)8-6-11)20(18,19)14-4-2-3-12(15)9-14/h2-9H,10H2,1H3. The predicted molar refractivity (Wildman–Crippen MR) is 84.2 cm³/mol. The van der Waals surface area contributed by atoms with E-state index in [1.807, 2.05) is 12.1 Å². The summed E-state index contributed by atoms with van der Waals surface area (Å²) in [5.74, 6) is 0. The maximum absolute atomic E-state index is 12.4. The molecule has 0 heterocycles. The molecule has 0 atom stereocenters. The van der Waals surface area contributed by atoms with E-state index >= 15 is 0 Å². The number of hydrogen-bond donors (Lipinski definition) is 0. The third-order valence-electron chi connectivity index (χ3n) is 2.82. The molecule has 0 aromatic heterocycles. The van der Waals surface area contributed by atoms with Gasteiger partial charge in [-0.15, -0.1) is 0 Å². The number of halogens is 2. The van der Waals surface area contributed by atoms with E-state index in [4.69, 9.17) is 11.6 Å². The van der Waals surface area contributed by atoms with Crippen molar-refractivity contribution in [2.24, 2.45) is 0 Å². The van der Waals surface area contributed by atoms with E-state index in [-0.39, 0.29) is 4.90 Å². The van der Waals surface area contributed by atoms with Crippen LogP contribution in [0.1, 0.15) is 5.56 Å². The molecule has 0 aliphatic rings. The molecular formula is C14H13BrClNO2S. The fraction of sp³-hybridized carbons (Fsp3) is 0.143. The molecular weight excluding hydrogens is 362 g/mol. The second-order valence-electron chi connectivity index (χ2n) is 4.34. The summed E-state index contributed by atoms with van der Waals surface area (Å²) >= 11 is 9.10. The van der Waals surface area contributed by atoms with Gasteiger partial charge >= 0.3 is 0 Å². The first-order valence-corrected chi connectivity index (χ1v) is 8.47. The van der Waals surface area contributed by atoms with Crippen molar-refractivity contribution in [2.45, 2.75) is 11.4 Å². The Morgan fingerprint density at radius 2 is 1.80 bits per heavy atom. The number of benzene rings is 2. The Hall–Kier alpha value is -0.880. The first-order chi connectivity index (χ1) is 9.39. The molecule has 2 rings (SSSR count). The lowest BCUT2D eigenvalue weighted by Crippen LogP contribution is -2.26. The lowest BCUT2D eigenvalue weighted by atomic mass is 10.2. The Labute approximate surface area is 132 Å². The fourth-order valence-corrected chi connectivity index (χ4v) is 3.62. The third-order valence-corrected chi connectivity index (χ3v) is 5.37. The highest BCUT2D eigenvalue weighted by Gasteiger charge is 2.20. The van der Waals surface area contributed by atoms with Gasteiger partial charge in [-0.3, -0.25) is 0 Å². The van der Waals surface area contributed by atoms with Gasteiger partial charge in [0.25, 0.3) is 0 Å². The van der Waals surface area contributed by atoms with Crippen molar-refractivity contribution in [3.63, 3.8) is 0 Å². The molecule has 2 aromatic rings. The zero-order valence-corrected chi connectivity index (χ0v) is 13.9. The molecule has 0 saturated heterocycles.